The highest BCUT2D eigenvalue weighted by Crippen LogP contribution is 2.36. The lowest BCUT2D eigenvalue weighted by molar-refractivity contribution is -0.0416. The molecule has 1 fully saturated rings. The molecule has 0 saturated carbocycles. The lowest BCUT2D eigenvalue weighted by Gasteiger charge is -2.43. The first-order chi connectivity index (χ1) is 10.7. The SMILES string of the molecule is COC1C[C@H](c2ccc(Br)cc2)N(C(=O)OC(C)(C)C)C[C@H]1C. The molecule has 1 aliphatic heterocycles. The predicted molar refractivity (Wildman–Crippen MR) is 94.4 cm³/mol. The molecule has 4 nitrogen and oxygen atoms in total. The van der Waals surface area contributed by atoms with Crippen LogP contribution in [0.2, 0.25) is 0 Å². The Morgan fingerprint density at radius 1 is 1.26 bits per heavy atom. The first kappa shape index (κ1) is 18.3. The van der Waals surface area contributed by atoms with Crippen molar-refractivity contribution < 1.29 is 14.3 Å². The predicted octanol–water partition coefficient (Wildman–Crippen LogP) is 4.78. The van der Waals surface area contributed by atoms with Crippen LogP contribution in [0, 0.1) is 5.92 Å². The molecule has 0 bridgehead atoms. The Bertz CT molecular complexity index is 538. The Balaban J connectivity index is 2.28. The fourth-order valence-electron chi connectivity index (χ4n) is 2.99. The van der Waals surface area contributed by atoms with Gasteiger partial charge in [-0.1, -0.05) is 35.0 Å². The molecule has 1 aliphatic rings. The molecular formula is C18H26BrNO3. The Kier molecular flexibility index (Phi) is 5.74. The van der Waals surface area contributed by atoms with Crippen molar-refractivity contribution in [3.8, 4) is 0 Å². The monoisotopic (exact) mass is 383 g/mol. The van der Waals surface area contributed by atoms with Gasteiger partial charge in [-0.15, -0.1) is 0 Å². The standard InChI is InChI=1S/C18H26BrNO3/c1-12-11-20(17(21)23-18(2,3)4)15(10-16(12)22-5)13-6-8-14(19)9-7-13/h6-9,12,15-16H,10-11H2,1-5H3/t12-,15-,16?/m1/s1. The van der Waals surface area contributed by atoms with E-state index in [4.69, 9.17) is 9.47 Å². The molecule has 3 atom stereocenters. The van der Waals surface area contributed by atoms with E-state index in [1.807, 2.05) is 37.8 Å². The summed E-state index contributed by atoms with van der Waals surface area (Å²) in [6.45, 7) is 8.43. The van der Waals surface area contributed by atoms with Gasteiger partial charge in [0.05, 0.1) is 12.1 Å². The minimum Gasteiger partial charge on any atom is -0.444 e. The lowest BCUT2D eigenvalue weighted by Crippen LogP contribution is -2.49. The zero-order valence-corrected chi connectivity index (χ0v) is 16.1. The number of hydrogen-bond acceptors (Lipinski definition) is 3. The average Bonchev–Trinajstić information content (AvgIpc) is 2.46. The van der Waals surface area contributed by atoms with Gasteiger partial charge < -0.3 is 14.4 Å². The van der Waals surface area contributed by atoms with Crippen LogP contribution >= 0.6 is 15.9 Å². The van der Waals surface area contributed by atoms with E-state index < -0.39 is 5.60 Å². The first-order valence-corrected chi connectivity index (χ1v) is 8.78. The summed E-state index contributed by atoms with van der Waals surface area (Å²) in [5.41, 5.74) is 0.607. The van der Waals surface area contributed by atoms with E-state index >= 15 is 0 Å². The molecule has 5 heteroatoms. The molecule has 0 N–H and O–H groups in total. The lowest BCUT2D eigenvalue weighted by atomic mass is 9.87. The van der Waals surface area contributed by atoms with Crippen molar-refractivity contribution in [1.82, 2.24) is 4.90 Å². The van der Waals surface area contributed by atoms with Gasteiger partial charge >= 0.3 is 6.09 Å². The van der Waals surface area contributed by atoms with Crippen molar-refractivity contribution in [2.45, 2.75) is 51.9 Å². The van der Waals surface area contributed by atoms with Crippen LogP contribution in [0.15, 0.2) is 28.7 Å². The highest BCUT2D eigenvalue weighted by molar-refractivity contribution is 9.10. The van der Waals surface area contributed by atoms with Gasteiger partial charge in [-0.3, -0.25) is 0 Å². The number of piperidine rings is 1. The normalized spacial score (nSPS) is 25.3. The fourth-order valence-corrected chi connectivity index (χ4v) is 3.25. The average molecular weight is 384 g/mol. The highest BCUT2D eigenvalue weighted by atomic mass is 79.9. The van der Waals surface area contributed by atoms with Crippen LogP contribution in [0.3, 0.4) is 0 Å². The van der Waals surface area contributed by atoms with E-state index in [2.05, 4.69) is 35.0 Å². The second kappa shape index (κ2) is 7.22. The summed E-state index contributed by atoms with van der Waals surface area (Å²) in [6.07, 6.45) is 0.660. The van der Waals surface area contributed by atoms with E-state index in [1.54, 1.807) is 7.11 Å². The zero-order chi connectivity index (χ0) is 17.2. The number of carbonyl (C=O) groups excluding carboxylic acids is 1. The second-order valence-electron chi connectivity index (χ2n) is 7.19. The van der Waals surface area contributed by atoms with Crippen LogP contribution in [0.5, 0.6) is 0 Å². The van der Waals surface area contributed by atoms with E-state index in [-0.39, 0.29) is 24.2 Å². The molecule has 128 valence electrons. The van der Waals surface area contributed by atoms with Gasteiger partial charge in [-0.05, 0) is 44.9 Å². The molecule has 23 heavy (non-hydrogen) atoms. The summed E-state index contributed by atoms with van der Waals surface area (Å²) < 4.78 is 12.3. The number of benzene rings is 1. The Labute approximate surface area is 147 Å². The Hall–Kier alpha value is -1.07. The summed E-state index contributed by atoms with van der Waals surface area (Å²) in [5.74, 6) is 0.277. The van der Waals surface area contributed by atoms with Crippen LogP contribution < -0.4 is 0 Å². The van der Waals surface area contributed by atoms with Crippen molar-refractivity contribution in [2.24, 2.45) is 5.92 Å². The number of methoxy groups -OCH3 is 1. The molecule has 1 heterocycles. The van der Waals surface area contributed by atoms with Crippen LogP contribution in [0.1, 0.15) is 45.7 Å². The third kappa shape index (κ3) is 4.70. The number of amides is 1. The number of carbonyl (C=O) groups is 1. The molecule has 1 amide bonds. The number of likely N-dealkylation sites (tertiary alicyclic amines) is 1. The molecule has 0 spiro atoms. The third-order valence-electron chi connectivity index (χ3n) is 4.14. The molecule has 0 aromatic heterocycles. The van der Waals surface area contributed by atoms with Gasteiger partial charge in [0.2, 0.25) is 0 Å². The van der Waals surface area contributed by atoms with Crippen molar-refractivity contribution in [1.29, 1.82) is 0 Å². The van der Waals surface area contributed by atoms with Crippen molar-refractivity contribution in [3.63, 3.8) is 0 Å². The van der Waals surface area contributed by atoms with Crippen molar-refractivity contribution in [2.75, 3.05) is 13.7 Å². The summed E-state index contributed by atoms with van der Waals surface area (Å²) in [4.78, 5) is 14.5. The molecule has 1 aromatic carbocycles. The number of ether oxygens (including phenoxy) is 2. The van der Waals surface area contributed by atoms with Gasteiger partial charge in [-0.25, -0.2) is 4.79 Å². The minimum absolute atomic E-state index is 0.0286. The molecule has 1 aromatic rings. The summed E-state index contributed by atoms with van der Waals surface area (Å²) in [6, 6.07) is 8.08. The van der Waals surface area contributed by atoms with Crippen LogP contribution in [-0.4, -0.2) is 36.4 Å². The smallest absolute Gasteiger partial charge is 0.410 e. The largest absolute Gasteiger partial charge is 0.444 e. The van der Waals surface area contributed by atoms with Crippen molar-refractivity contribution >= 4 is 22.0 Å². The molecule has 1 saturated heterocycles. The maximum Gasteiger partial charge on any atom is 0.410 e. The van der Waals surface area contributed by atoms with E-state index in [9.17, 15) is 4.79 Å². The highest BCUT2D eigenvalue weighted by Gasteiger charge is 2.38. The maximum absolute atomic E-state index is 12.7. The van der Waals surface area contributed by atoms with E-state index in [1.165, 1.54) is 0 Å². The van der Waals surface area contributed by atoms with Crippen LogP contribution in [-0.2, 0) is 9.47 Å². The van der Waals surface area contributed by atoms with Gasteiger partial charge in [0, 0.05) is 24.0 Å². The molecule has 1 unspecified atom stereocenters. The second-order valence-corrected chi connectivity index (χ2v) is 8.10. The number of halogens is 1. The number of rotatable bonds is 2. The maximum atomic E-state index is 12.7. The minimum atomic E-state index is -0.497. The molecule has 0 aliphatic carbocycles. The quantitative estimate of drug-likeness (QED) is 0.737. The summed E-state index contributed by atoms with van der Waals surface area (Å²) in [7, 11) is 1.74. The molecular weight excluding hydrogens is 358 g/mol. The van der Waals surface area contributed by atoms with Crippen LogP contribution in [0.25, 0.3) is 0 Å². The van der Waals surface area contributed by atoms with Crippen molar-refractivity contribution in [3.05, 3.63) is 34.3 Å². The van der Waals surface area contributed by atoms with E-state index in [0.29, 0.717) is 6.54 Å². The third-order valence-corrected chi connectivity index (χ3v) is 4.67. The van der Waals surface area contributed by atoms with Gasteiger partial charge in [0.25, 0.3) is 0 Å². The summed E-state index contributed by atoms with van der Waals surface area (Å²) >= 11 is 3.46. The molecule has 0 radical (unpaired) electrons. The van der Waals surface area contributed by atoms with Gasteiger partial charge in [0.1, 0.15) is 5.60 Å². The Morgan fingerprint density at radius 3 is 2.39 bits per heavy atom. The number of hydrogen-bond donors (Lipinski definition) is 0. The topological polar surface area (TPSA) is 38.8 Å². The van der Waals surface area contributed by atoms with Gasteiger partial charge in [0.15, 0.2) is 0 Å². The fraction of sp³-hybridized carbons (Fsp3) is 0.611. The molecule has 2 rings (SSSR count). The van der Waals surface area contributed by atoms with Gasteiger partial charge in [-0.2, -0.15) is 0 Å². The first-order valence-electron chi connectivity index (χ1n) is 7.99. The van der Waals surface area contributed by atoms with E-state index in [0.717, 1.165) is 16.5 Å². The number of nitrogens with zero attached hydrogens (tertiary/aromatic N) is 1. The Morgan fingerprint density at radius 2 is 1.87 bits per heavy atom. The zero-order valence-electron chi connectivity index (χ0n) is 14.5. The van der Waals surface area contributed by atoms with Crippen LogP contribution in [0.4, 0.5) is 4.79 Å². The summed E-state index contributed by atoms with van der Waals surface area (Å²) in [5, 5.41) is 0.